The van der Waals surface area contributed by atoms with Gasteiger partial charge in [-0.3, -0.25) is 0 Å². The molecule has 30 heavy (non-hydrogen) atoms. The number of aromatic hydroxyl groups is 1. The molecule has 2 aliphatic carbocycles. The number of hydrogen-bond donors (Lipinski definition) is 2. The van der Waals surface area contributed by atoms with Crippen LogP contribution in [0.15, 0.2) is 23.8 Å². The third-order valence-electron chi connectivity index (χ3n) is 8.02. The zero-order valence-electron chi connectivity index (χ0n) is 19.9. The van der Waals surface area contributed by atoms with Crippen molar-refractivity contribution in [1.82, 2.24) is 0 Å². The van der Waals surface area contributed by atoms with E-state index in [2.05, 4.69) is 46.9 Å². The summed E-state index contributed by atoms with van der Waals surface area (Å²) in [7, 11) is -1.78. The van der Waals surface area contributed by atoms with Gasteiger partial charge in [-0.05, 0) is 104 Å². The van der Waals surface area contributed by atoms with Crippen LogP contribution in [-0.4, -0.2) is 30.2 Å². The summed E-state index contributed by atoms with van der Waals surface area (Å²) >= 11 is 0. The number of aliphatic hydroxyl groups is 1. The monoisotopic (exact) mass is 430 g/mol. The average molecular weight is 431 g/mol. The number of benzene rings is 1. The molecule has 1 aromatic rings. The molecular weight excluding hydrogens is 388 g/mol. The molecule has 3 rings (SSSR count). The highest BCUT2D eigenvalue weighted by molar-refractivity contribution is 6.74. The van der Waals surface area contributed by atoms with Gasteiger partial charge in [0.2, 0.25) is 0 Å². The normalized spacial score (nSPS) is 25.7. The fourth-order valence-corrected chi connectivity index (χ4v) is 6.46. The van der Waals surface area contributed by atoms with Gasteiger partial charge < -0.3 is 14.6 Å². The molecule has 3 nitrogen and oxygen atoms in total. The first-order chi connectivity index (χ1) is 14.0. The Morgan fingerprint density at radius 1 is 1.23 bits per heavy atom. The SMILES string of the molecule is CC[C@H](CC[C@@H]1CCCC2=Cc3cc(O)ccc3CC[C@@]21O)O[Si](C)(C)C(C)(C)C. The van der Waals surface area contributed by atoms with E-state index in [1.807, 2.05) is 12.1 Å². The van der Waals surface area contributed by atoms with Crippen molar-refractivity contribution in [2.75, 3.05) is 0 Å². The Labute approximate surface area is 184 Å². The first-order valence-electron chi connectivity index (χ1n) is 11.9. The Kier molecular flexibility index (Phi) is 6.91. The van der Waals surface area contributed by atoms with E-state index in [-0.39, 0.29) is 17.1 Å². The van der Waals surface area contributed by atoms with Gasteiger partial charge in [0.1, 0.15) is 5.75 Å². The first-order valence-corrected chi connectivity index (χ1v) is 14.8. The van der Waals surface area contributed by atoms with Crippen molar-refractivity contribution in [2.24, 2.45) is 5.92 Å². The molecule has 0 bridgehead atoms. The van der Waals surface area contributed by atoms with E-state index in [0.717, 1.165) is 56.9 Å². The number of fused-ring (bicyclic) bond motifs is 2. The smallest absolute Gasteiger partial charge is 0.192 e. The summed E-state index contributed by atoms with van der Waals surface area (Å²) in [5.74, 6) is 0.592. The minimum Gasteiger partial charge on any atom is -0.508 e. The van der Waals surface area contributed by atoms with Crippen molar-refractivity contribution in [3.8, 4) is 5.75 Å². The number of phenolic OH excluding ortho intramolecular Hbond substituents is 1. The highest BCUT2D eigenvalue weighted by Gasteiger charge is 2.44. The van der Waals surface area contributed by atoms with Crippen LogP contribution in [0.4, 0.5) is 0 Å². The standard InChI is InChI=1S/C26H42O3Si/c1-7-24(29-30(5,6)25(2,3)4)14-12-21-9-8-10-22-17-20-18-23(27)13-11-19(20)15-16-26(21,22)28/h11,13,17-18,21,24,27-28H,7-10,12,14-16H2,1-6H3/t21-,24+,26-/m0/s1. The van der Waals surface area contributed by atoms with Gasteiger partial charge in [-0.15, -0.1) is 0 Å². The summed E-state index contributed by atoms with van der Waals surface area (Å²) in [4.78, 5) is 0. The van der Waals surface area contributed by atoms with Crippen LogP contribution in [0.25, 0.3) is 6.08 Å². The van der Waals surface area contributed by atoms with E-state index in [0.29, 0.717) is 5.75 Å². The van der Waals surface area contributed by atoms with Gasteiger partial charge in [0.15, 0.2) is 8.32 Å². The summed E-state index contributed by atoms with van der Waals surface area (Å²) in [6.45, 7) is 13.8. The molecular formula is C26H42O3Si. The van der Waals surface area contributed by atoms with E-state index >= 15 is 0 Å². The van der Waals surface area contributed by atoms with Crippen LogP contribution in [0, 0.1) is 5.92 Å². The summed E-state index contributed by atoms with van der Waals surface area (Å²) in [6, 6.07) is 5.62. The fraction of sp³-hybridized carbons (Fsp3) is 0.692. The van der Waals surface area contributed by atoms with E-state index in [4.69, 9.17) is 4.43 Å². The molecule has 1 saturated carbocycles. The second-order valence-electron chi connectivity index (χ2n) is 11.1. The maximum Gasteiger partial charge on any atom is 0.192 e. The number of rotatable bonds is 6. The van der Waals surface area contributed by atoms with Crippen LogP contribution in [-0.2, 0) is 10.8 Å². The Hall–Kier alpha value is -1.10. The van der Waals surface area contributed by atoms with Gasteiger partial charge in [0, 0.05) is 6.10 Å². The second kappa shape index (κ2) is 8.80. The lowest BCUT2D eigenvalue weighted by Gasteiger charge is -2.43. The Bertz CT molecular complexity index is 777. The van der Waals surface area contributed by atoms with Gasteiger partial charge in [0.05, 0.1) is 5.60 Å². The number of aryl methyl sites for hydroxylation is 1. The molecule has 0 heterocycles. The Balaban J connectivity index is 1.74. The molecule has 1 aromatic carbocycles. The minimum absolute atomic E-state index is 0.220. The maximum absolute atomic E-state index is 11.9. The van der Waals surface area contributed by atoms with Crippen LogP contribution >= 0.6 is 0 Å². The zero-order valence-corrected chi connectivity index (χ0v) is 20.9. The lowest BCUT2D eigenvalue weighted by Crippen LogP contribution is -2.45. The van der Waals surface area contributed by atoms with E-state index in [1.165, 1.54) is 11.1 Å². The van der Waals surface area contributed by atoms with Crippen molar-refractivity contribution in [3.05, 3.63) is 34.9 Å². The highest BCUT2D eigenvalue weighted by atomic mass is 28.4. The molecule has 1 fully saturated rings. The van der Waals surface area contributed by atoms with Crippen molar-refractivity contribution in [3.63, 3.8) is 0 Å². The van der Waals surface area contributed by atoms with Crippen LogP contribution in [0.3, 0.4) is 0 Å². The zero-order chi connectivity index (χ0) is 22.2. The van der Waals surface area contributed by atoms with Gasteiger partial charge in [-0.2, -0.15) is 0 Å². The van der Waals surface area contributed by atoms with Crippen molar-refractivity contribution in [1.29, 1.82) is 0 Å². The van der Waals surface area contributed by atoms with Crippen molar-refractivity contribution in [2.45, 2.75) is 109 Å². The van der Waals surface area contributed by atoms with Crippen LogP contribution in [0.5, 0.6) is 5.75 Å². The molecule has 0 unspecified atom stereocenters. The molecule has 0 aliphatic heterocycles. The molecule has 2 aliphatic rings. The molecule has 0 radical (unpaired) electrons. The van der Waals surface area contributed by atoms with Gasteiger partial charge in [-0.1, -0.05) is 39.8 Å². The summed E-state index contributed by atoms with van der Waals surface area (Å²) in [5.41, 5.74) is 2.76. The second-order valence-corrected chi connectivity index (χ2v) is 15.8. The molecule has 0 aromatic heterocycles. The Morgan fingerprint density at radius 3 is 2.63 bits per heavy atom. The number of phenols is 1. The molecule has 0 amide bonds. The van der Waals surface area contributed by atoms with Gasteiger partial charge in [0.25, 0.3) is 0 Å². The third-order valence-corrected chi connectivity index (χ3v) is 12.6. The summed E-state index contributed by atoms with van der Waals surface area (Å²) in [5, 5.41) is 22.0. The van der Waals surface area contributed by atoms with Crippen molar-refractivity contribution >= 4 is 14.4 Å². The predicted molar refractivity (Wildman–Crippen MR) is 128 cm³/mol. The molecule has 0 spiro atoms. The summed E-state index contributed by atoms with van der Waals surface area (Å²) < 4.78 is 6.71. The van der Waals surface area contributed by atoms with E-state index < -0.39 is 13.9 Å². The van der Waals surface area contributed by atoms with Crippen molar-refractivity contribution < 1.29 is 14.6 Å². The molecule has 2 N–H and O–H groups in total. The Morgan fingerprint density at radius 2 is 1.97 bits per heavy atom. The van der Waals surface area contributed by atoms with Crippen LogP contribution in [0.1, 0.15) is 83.8 Å². The highest BCUT2D eigenvalue weighted by Crippen LogP contribution is 2.47. The topological polar surface area (TPSA) is 49.7 Å². The molecule has 4 heteroatoms. The maximum atomic E-state index is 11.9. The molecule has 3 atom stereocenters. The van der Waals surface area contributed by atoms with Crippen LogP contribution < -0.4 is 0 Å². The molecule has 168 valence electrons. The summed E-state index contributed by atoms with van der Waals surface area (Å²) in [6.07, 6.45) is 10.3. The van der Waals surface area contributed by atoms with Crippen LogP contribution in [0.2, 0.25) is 18.1 Å². The third kappa shape index (κ3) is 4.86. The van der Waals surface area contributed by atoms with Gasteiger partial charge in [-0.25, -0.2) is 0 Å². The quantitative estimate of drug-likeness (QED) is 0.486. The average Bonchev–Trinajstić information content (AvgIpc) is 2.80. The van der Waals surface area contributed by atoms with E-state index in [9.17, 15) is 10.2 Å². The lowest BCUT2D eigenvalue weighted by atomic mass is 9.68. The number of hydrogen-bond acceptors (Lipinski definition) is 3. The first kappa shape index (κ1) is 23.6. The molecule has 0 saturated heterocycles. The van der Waals surface area contributed by atoms with Gasteiger partial charge >= 0.3 is 0 Å². The largest absolute Gasteiger partial charge is 0.508 e. The fourth-order valence-electron chi connectivity index (χ4n) is 4.99. The minimum atomic E-state index is -1.78. The predicted octanol–water partition coefficient (Wildman–Crippen LogP) is 6.83. The van der Waals surface area contributed by atoms with E-state index in [1.54, 1.807) is 6.07 Å². The lowest BCUT2D eigenvalue weighted by molar-refractivity contribution is -0.0177.